The van der Waals surface area contributed by atoms with E-state index in [1.807, 2.05) is 35.7 Å². The molecule has 0 spiro atoms. The van der Waals surface area contributed by atoms with E-state index in [1.54, 1.807) is 17.6 Å². The van der Waals surface area contributed by atoms with Gasteiger partial charge in [0.2, 0.25) is 5.91 Å². The van der Waals surface area contributed by atoms with Gasteiger partial charge < -0.3 is 20.1 Å². The van der Waals surface area contributed by atoms with Crippen molar-refractivity contribution in [3.63, 3.8) is 0 Å². The van der Waals surface area contributed by atoms with Gasteiger partial charge in [0.1, 0.15) is 17.1 Å². The van der Waals surface area contributed by atoms with Gasteiger partial charge in [-0.1, -0.05) is 17.8 Å². The van der Waals surface area contributed by atoms with Crippen molar-refractivity contribution in [2.75, 3.05) is 37.0 Å². The van der Waals surface area contributed by atoms with Crippen LogP contribution in [0.4, 0.5) is 5.69 Å². The Hall–Kier alpha value is -3.10. The summed E-state index contributed by atoms with van der Waals surface area (Å²) in [5, 5.41) is 16.6. The molecule has 0 bridgehead atoms. The van der Waals surface area contributed by atoms with Gasteiger partial charge in [0.25, 0.3) is 5.91 Å². The second-order valence-electron chi connectivity index (χ2n) is 9.52. The Morgan fingerprint density at radius 1 is 1.17 bits per heavy atom. The molecule has 5 heterocycles. The summed E-state index contributed by atoms with van der Waals surface area (Å²) in [7, 11) is 0. The number of hydrogen-bond acceptors (Lipinski definition) is 10. The molecule has 3 aliphatic rings. The predicted molar refractivity (Wildman–Crippen MR) is 164 cm³/mol. The molecule has 0 radical (unpaired) electrons. The first-order valence-electron chi connectivity index (χ1n) is 12.9. The second kappa shape index (κ2) is 12.0. The summed E-state index contributed by atoms with van der Waals surface area (Å²) in [5.41, 5.74) is 1.43. The molecule has 0 aliphatic carbocycles. The fourth-order valence-electron chi connectivity index (χ4n) is 4.95. The van der Waals surface area contributed by atoms with Crippen LogP contribution in [0.5, 0.6) is 0 Å². The first-order valence-corrected chi connectivity index (χ1v) is 16.5. The quantitative estimate of drug-likeness (QED) is 0.285. The normalized spacial score (nSPS) is 20.8. The van der Waals surface area contributed by atoms with Crippen LogP contribution in [0.3, 0.4) is 0 Å². The number of aliphatic carboxylic acids is 1. The van der Waals surface area contributed by atoms with E-state index >= 15 is 0 Å². The SMILES string of the molecule is O=C(Cc1cccs1)NC1C(=O)N2C(C(=O)O)=C(/C=C/Sc3cc(=O)c4ccc(N5CCOCC5)cc4s3)CS[C@H]12. The molecule has 3 aliphatic heterocycles. The van der Waals surface area contributed by atoms with E-state index in [9.17, 15) is 24.3 Å². The number of carbonyl (C=O) groups is 3. The molecule has 13 heteroatoms. The maximum Gasteiger partial charge on any atom is 0.352 e. The van der Waals surface area contributed by atoms with Gasteiger partial charge in [-0.2, -0.15) is 0 Å². The average Bonchev–Trinajstić information content (AvgIpc) is 3.48. The Morgan fingerprint density at radius 3 is 2.76 bits per heavy atom. The Balaban J connectivity index is 1.16. The van der Waals surface area contributed by atoms with Crippen molar-refractivity contribution in [3.8, 4) is 0 Å². The zero-order valence-corrected chi connectivity index (χ0v) is 24.9. The molecule has 2 amide bonds. The summed E-state index contributed by atoms with van der Waals surface area (Å²) in [4.78, 5) is 54.7. The summed E-state index contributed by atoms with van der Waals surface area (Å²) in [6, 6.07) is 10.4. The Morgan fingerprint density at radius 2 is 2.00 bits per heavy atom. The van der Waals surface area contributed by atoms with E-state index < -0.39 is 23.3 Å². The molecule has 212 valence electrons. The van der Waals surface area contributed by atoms with Crippen molar-refractivity contribution in [1.29, 1.82) is 0 Å². The Labute approximate surface area is 251 Å². The van der Waals surface area contributed by atoms with E-state index in [0.717, 1.165) is 32.6 Å². The molecule has 1 unspecified atom stereocenters. The summed E-state index contributed by atoms with van der Waals surface area (Å²) < 4.78 is 7.11. The Kier molecular flexibility index (Phi) is 8.22. The standard InChI is InChI=1S/C28H25N3O6S4/c32-20-14-23(41-21-12-17(3-4-19(20)21)30-6-8-37-9-7-30)39-11-5-16-15-40-27-24(26(34)31(27)25(16)28(35)36)29-22(33)13-18-2-1-10-38-18/h1-5,10-12,14,24,27H,6-9,13,15H2,(H,29,33)(H,35,36)/b11-5+/t24?,27-/m1/s1. The highest BCUT2D eigenvalue weighted by molar-refractivity contribution is 8.04. The third-order valence-electron chi connectivity index (χ3n) is 6.95. The van der Waals surface area contributed by atoms with Crippen molar-refractivity contribution in [3.05, 3.63) is 79.6 Å². The topological polar surface area (TPSA) is 116 Å². The summed E-state index contributed by atoms with van der Waals surface area (Å²) in [6.45, 7) is 2.96. The van der Waals surface area contributed by atoms with Gasteiger partial charge in [-0.15, -0.1) is 34.4 Å². The number of amides is 2. The predicted octanol–water partition coefficient (Wildman–Crippen LogP) is 3.75. The van der Waals surface area contributed by atoms with Crippen molar-refractivity contribution in [2.45, 2.75) is 22.0 Å². The number of thiophene rings is 1. The zero-order chi connectivity index (χ0) is 28.5. The Bertz CT molecular complexity index is 1630. The van der Waals surface area contributed by atoms with Gasteiger partial charge in [0.15, 0.2) is 5.43 Å². The average molecular weight is 628 g/mol. The van der Waals surface area contributed by atoms with Crippen LogP contribution in [0.2, 0.25) is 0 Å². The van der Waals surface area contributed by atoms with Gasteiger partial charge in [0, 0.05) is 45.6 Å². The van der Waals surface area contributed by atoms with Gasteiger partial charge in [-0.3, -0.25) is 19.3 Å². The van der Waals surface area contributed by atoms with Gasteiger partial charge in [0.05, 0.1) is 23.8 Å². The minimum atomic E-state index is -1.19. The third-order valence-corrected chi connectivity index (χ3v) is 11.2. The lowest BCUT2D eigenvalue weighted by molar-refractivity contribution is -0.150. The highest BCUT2D eigenvalue weighted by Crippen LogP contribution is 2.41. The molecule has 41 heavy (non-hydrogen) atoms. The molecular weight excluding hydrogens is 603 g/mol. The van der Waals surface area contributed by atoms with Gasteiger partial charge in [-0.05, 0) is 46.7 Å². The van der Waals surface area contributed by atoms with E-state index in [-0.39, 0.29) is 23.5 Å². The highest BCUT2D eigenvalue weighted by Gasteiger charge is 2.53. The molecule has 2 aromatic heterocycles. The number of carbonyl (C=O) groups excluding carboxylic acids is 2. The number of anilines is 1. The van der Waals surface area contributed by atoms with Crippen LogP contribution in [0.15, 0.2) is 73.5 Å². The van der Waals surface area contributed by atoms with E-state index in [0.29, 0.717) is 29.9 Å². The maximum absolute atomic E-state index is 12.9. The van der Waals surface area contributed by atoms with Crippen LogP contribution in [0.25, 0.3) is 10.1 Å². The van der Waals surface area contributed by atoms with E-state index in [1.165, 1.54) is 51.1 Å². The first-order chi connectivity index (χ1) is 19.9. The van der Waals surface area contributed by atoms with Gasteiger partial charge >= 0.3 is 5.97 Å². The summed E-state index contributed by atoms with van der Waals surface area (Å²) in [6.07, 6.45) is 1.87. The third kappa shape index (κ3) is 5.82. The van der Waals surface area contributed by atoms with Crippen molar-refractivity contribution in [2.24, 2.45) is 0 Å². The van der Waals surface area contributed by atoms with Crippen LogP contribution < -0.4 is 15.6 Å². The van der Waals surface area contributed by atoms with Crippen LogP contribution >= 0.6 is 46.2 Å². The van der Waals surface area contributed by atoms with E-state index in [4.69, 9.17) is 4.74 Å². The number of carboxylic acid groups (broad SMARTS) is 1. The van der Waals surface area contributed by atoms with E-state index in [2.05, 4.69) is 10.2 Å². The number of fused-ring (bicyclic) bond motifs is 2. The van der Waals surface area contributed by atoms with Gasteiger partial charge in [-0.25, -0.2) is 4.79 Å². The zero-order valence-electron chi connectivity index (χ0n) is 21.6. The lowest BCUT2D eigenvalue weighted by Gasteiger charge is -2.49. The molecule has 0 saturated carbocycles. The van der Waals surface area contributed by atoms with Crippen LogP contribution in [0.1, 0.15) is 4.88 Å². The number of ether oxygens (including phenoxy) is 1. The first kappa shape index (κ1) is 28.0. The number of nitrogens with one attached hydrogen (secondary N) is 1. The smallest absolute Gasteiger partial charge is 0.352 e. The summed E-state index contributed by atoms with van der Waals surface area (Å²) >= 11 is 5.73. The largest absolute Gasteiger partial charge is 0.477 e. The minimum Gasteiger partial charge on any atom is -0.477 e. The number of carboxylic acids is 1. The van der Waals surface area contributed by atoms with Crippen molar-refractivity contribution in [1.82, 2.24) is 10.2 Å². The molecule has 1 aromatic carbocycles. The number of benzene rings is 1. The lowest BCUT2D eigenvalue weighted by Crippen LogP contribution is -2.70. The molecule has 6 rings (SSSR count). The molecule has 2 N–H and O–H groups in total. The number of thioether (sulfide) groups is 2. The van der Waals surface area contributed by atoms with Crippen LogP contribution in [-0.4, -0.2) is 71.3 Å². The summed E-state index contributed by atoms with van der Waals surface area (Å²) in [5.74, 6) is -1.51. The molecule has 9 nitrogen and oxygen atoms in total. The number of allylic oxidation sites excluding steroid dienone is 1. The number of β-lactam (4-membered cyclic amide) rings is 1. The molecule has 3 aromatic rings. The fourth-order valence-corrected chi connectivity index (χ4v) is 8.98. The van der Waals surface area contributed by atoms with Crippen LogP contribution in [0, 0.1) is 0 Å². The molecular formula is C28H25N3O6S4. The maximum atomic E-state index is 12.9. The monoisotopic (exact) mass is 627 g/mol. The number of hydrogen-bond donors (Lipinski definition) is 2. The lowest BCUT2D eigenvalue weighted by atomic mass is 10.0. The second-order valence-corrected chi connectivity index (χ2v) is 13.9. The van der Waals surface area contributed by atoms with Crippen molar-refractivity contribution >= 4 is 79.8 Å². The van der Waals surface area contributed by atoms with Crippen LogP contribution in [-0.2, 0) is 25.5 Å². The number of morpholine rings is 1. The fraction of sp³-hybridized carbons (Fsp3) is 0.286. The minimum absolute atomic E-state index is 0.0666. The molecule has 2 fully saturated rings. The number of rotatable bonds is 8. The number of nitrogens with zero attached hydrogens (tertiary/aromatic N) is 2. The molecule has 2 saturated heterocycles. The molecule has 2 atom stereocenters. The highest BCUT2D eigenvalue weighted by atomic mass is 32.2. The van der Waals surface area contributed by atoms with Crippen molar-refractivity contribution < 1.29 is 24.2 Å².